The summed E-state index contributed by atoms with van der Waals surface area (Å²) in [6.45, 7) is 7.46. The number of piperidine rings is 1. The molecule has 12 unspecified atom stereocenters. The van der Waals surface area contributed by atoms with Gasteiger partial charge in [-0.1, -0.05) is 31.2 Å². The highest BCUT2D eigenvalue weighted by Gasteiger charge is 2.84. The van der Waals surface area contributed by atoms with Crippen LogP contribution in [-0.4, -0.2) is 97.4 Å². The fraction of sp³-hybridized carbons (Fsp3) is 0.619. The third-order valence-electron chi connectivity index (χ3n) is 15.1. The van der Waals surface area contributed by atoms with E-state index >= 15 is 0 Å². The van der Waals surface area contributed by atoms with Crippen LogP contribution in [0, 0.1) is 47.3 Å². The van der Waals surface area contributed by atoms with Gasteiger partial charge >= 0.3 is 11.9 Å². The molecule has 6 fully saturated rings. The van der Waals surface area contributed by atoms with Crippen LogP contribution in [0.15, 0.2) is 53.3 Å². The van der Waals surface area contributed by atoms with Crippen molar-refractivity contribution in [3.63, 3.8) is 0 Å². The third kappa shape index (κ3) is 4.54. The van der Waals surface area contributed by atoms with Crippen molar-refractivity contribution in [3.05, 3.63) is 70.3 Å². The van der Waals surface area contributed by atoms with Gasteiger partial charge in [0.15, 0.2) is 0 Å². The zero-order valence-corrected chi connectivity index (χ0v) is 31.6. The number of carbonyl (C=O) groups excluding carboxylic acids is 2. The van der Waals surface area contributed by atoms with Crippen LogP contribution in [0.25, 0.3) is 16.6 Å². The molecule has 0 radical (unpaired) electrons. The molecule has 6 aliphatic rings. The van der Waals surface area contributed by atoms with Gasteiger partial charge in [0, 0.05) is 75.8 Å². The molecule has 1 aromatic heterocycles. The van der Waals surface area contributed by atoms with Gasteiger partial charge in [0.25, 0.3) is 5.56 Å². The number of carbonyl (C=O) groups is 2. The quantitative estimate of drug-likeness (QED) is 0.280. The minimum atomic E-state index is -0.526. The van der Waals surface area contributed by atoms with Crippen molar-refractivity contribution in [2.75, 3.05) is 41.0 Å². The molecular weight excluding hydrogens is 674 g/mol. The SMILES string of the molecule is CCN1CC2(COC(=O)c3ccccc3-n3c(C)nc4ccccc4c3=O)CCC(OC)C34C5CC6C(OC)CC(OC)(C(CC23)C14)C5C6OC(C)=O. The second-order valence-electron chi connectivity index (χ2n) is 16.7. The Morgan fingerprint density at radius 2 is 1.77 bits per heavy atom. The van der Waals surface area contributed by atoms with Crippen LogP contribution < -0.4 is 5.56 Å². The first-order valence-corrected chi connectivity index (χ1v) is 19.4. The van der Waals surface area contributed by atoms with E-state index in [1.807, 2.05) is 44.6 Å². The van der Waals surface area contributed by atoms with Gasteiger partial charge in [-0.25, -0.2) is 9.78 Å². The molecule has 3 aromatic rings. The van der Waals surface area contributed by atoms with Crippen molar-refractivity contribution in [3.8, 4) is 5.69 Å². The van der Waals surface area contributed by atoms with Crippen molar-refractivity contribution in [2.24, 2.45) is 40.4 Å². The summed E-state index contributed by atoms with van der Waals surface area (Å²) in [5.74, 6) is 0.435. The maximum absolute atomic E-state index is 14.3. The fourth-order valence-electron chi connectivity index (χ4n) is 13.7. The van der Waals surface area contributed by atoms with Gasteiger partial charge in [-0.3, -0.25) is 19.1 Å². The van der Waals surface area contributed by atoms with Crippen molar-refractivity contribution < 1.29 is 33.3 Å². The first-order valence-electron chi connectivity index (χ1n) is 19.4. The number of hydrogen-bond donors (Lipinski definition) is 0. The van der Waals surface area contributed by atoms with Gasteiger partial charge in [-0.2, -0.15) is 0 Å². The zero-order chi connectivity index (χ0) is 37.0. The highest BCUT2D eigenvalue weighted by molar-refractivity contribution is 5.93. The number of aryl methyl sites for hydroxylation is 1. The van der Waals surface area contributed by atoms with E-state index in [1.54, 1.807) is 32.2 Å². The van der Waals surface area contributed by atoms with E-state index in [4.69, 9.17) is 28.7 Å². The molecular formula is C42H51N3O8. The standard InChI is InChI=1S/C42H51N3O8/c1-7-44-21-40(22-52-39(48)26-13-9-11-15-31(26)45-23(2)43-30-14-10-8-12-25(30)38(45)47)17-16-34(50-5)42-28-18-27-32(49-4)20-41(51-6,29(37(42)44)19-33(40)42)35(28)36(27)53-24(3)46/h8-15,27-29,32-37H,7,16-22H2,1-6H3. The second-order valence-corrected chi connectivity index (χ2v) is 16.7. The predicted octanol–water partition coefficient (Wildman–Crippen LogP) is 4.97. The Bertz CT molecular complexity index is 2030. The fourth-order valence-corrected chi connectivity index (χ4v) is 13.7. The molecule has 2 aromatic carbocycles. The number of para-hydroxylation sites is 2. The maximum Gasteiger partial charge on any atom is 0.340 e. The molecule has 1 spiro atoms. The third-order valence-corrected chi connectivity index (χ3v) is 15.1. The van der Waals surface area contributed by atoms with E-state index in [9.17, 15) is 14.4 Å². The van der Waals surface area contributed by atoms with Gasteiger partial charge in [0.1, 0.15) is 11.9 Å². The van der Waals surface area contributed by atoms with E-state index < -0.39 is 11.6 Å². The van der Waals surface area contributed by atoms with Crippen molar-refractivity contribution in [1.29, 1.82) is 0 Å². The molecule has 5 saturated carbocycles. The normalized spacial score (nSPS) is 39.2. The number of esters is 2. The molecule has 2 heterocycles. The number of likely N-dealkylation sites (tertiary alicyclic amines) is 1. The van der Waals surface area contributed by atoms with Crippen LogP contribution in [0.4, 0.5) is 0 Å². The summed E-state index contributed by atoms with van der Waals surface area (Å²) in [6.07, 6.45) is 3.94. The first kappa shape index (κ1) is 35.1. The number of fused-ring (bicyclic) bond motifs is 3. The Morgan fingerprint density at radius 3 is 2.51 bits per heavy atom. The molecule has 7 bridgehead atoms. The lowest BCUT2D eigenvalue weighted by molar-refractivity contribution is -0.281. The number of aromatic nitrogens is 2. The first-order chi connectivity index (χ1) is 25.6. The Hall–Kier alpha value is -3.64. The van der Waals surface area contributed by atoms with E-state index in [-0.39, 0.29) is 82.9 Å². The van der Waals surface area contributed by atoms with E-state index in [0.717, 1.165) is 45.2 Å². The zero-order valence-electron chi connectivity index (χ0n) is 31.6. The lowest BCUT2D eigenvalue weighted by atomic mass is 9.43. The van der Waals surface area contributed by atoms with Gasteiger partial charge in [-0.05, 0) is 75.3 Å². The minimum Gasteiger partial charge on any atom is -0.462 e. The summed E-state index contributed by atoms with van der Waals surface area (Å²) in [5.41, 5.74) is 0.107. The minimum absolute atomic E-state index is 0.00911. The van der Waals surface area contributed by atoms with E-state index in [0.29, 0.717) is 28.0 Å². The Balaban J connectivity index is 1.11. The number of methoxy groups -OCH3 is 3. The number of nitrogens with zero attached hydrogens (tertiary/aromatic N) is 3. The van der Waals surface area contributed by atoms with Gasteiger partial charge in [0.2, 0.25) is 0 Å². The summed E-state index contributed by atoms with van der Waals surface area (Å²) in [7, 11) is 5.48. The molecule has 53 heavy (non-hydrogen) atoms. The summed E-state index contributed by atoms with van der Waals surface area (Å²) in [4.78, 5) is 48.2. The Morgan fingerprint density at radius 1 is 1.00 bits per heavy atom. The number of rotatable bonds is 9. The molecule has 9 rings (SSSR count). The Kier molecular flexibility index (Phi) is 8.24. The Labute approximate surface area is 310 Å². The molecule has 11 heteroatoms. The monoisotopic (exact) mass is 725 g/mol. The van der Waals surface area contributed by atoms with Crippen LogP contribution in [0.3, 0.4) is 0 Å². The van der Waals surface area contributed by atoms with E-state index in [1.165, 1.54) is 11.5 Å². The van der Waals surface area contributed by atoms with Crippen molar-refractivity contribution in [2.45, 2.75) is 82.8 Å². The average molecular weight is 726 g/mol. The van der Waals surface area contributed by atoms with Crippen LogP contribution in [0.2, 0.25) is 0 Å². The van der Waals surface area contributed by atoms with Gasteiger partial charge in [0.05, 0.1) is 46.6 Å². The number of benzene rings is 2. The van der Waals surface area contributed by atoms with E-state index in [2.05, 4.69) is 11.8 Å². The lowest BCUT2D eigenvalue weighted by Gasteiger charge is -2.69. The number of hydrogen-bond acceptors (Lipinski definition) is 10. The largest absolute Gasteiger partial charge is 0.462 e. The highest BCUT2D eigenvalue weighted by Crippen LogP contribution is 2.79. The molecule has 1 aliphatic heterocycles. The van der Waals surface area contributed by atoms with Crippen LogP contribution in [-0.2, 0) is 28.5 Å². The van der Waals surface area contributed by atoms with Crippen LogP contribution >= 0.6 is 0 Å². The molecule has 0 amide bonds. The molecule has 11 nitrogen and oxygen atoms in total. The number of ether oxygens (including phenoxy) is 5. The summed E-state index contributed by atoms with van der Waals surface area (Å²) in [6, 6.07) is 14.6. The van der Waals surface area contributed by atoms with Gasteiger partial charge in [-0.15, -0.1) is 0 Å². The highest BCUT2D eigenvalue weighted by atomic mass is 16.6. The predicted molar refractivity (Wildman–Crippen MR) is 196 cm³/mol. The van der Waals surface area contributed by atoms with Crippen molar-refractivity contribution in [1.82, 2.24) is 14.5 Å². The van der Waals surface area contributed by atoms with Crippen LogP contribution in [0.1, 0.15) is 62.1 Å². The summed E-state index contributed by atoms with van der Waals surface area (Å²) in [5, 5.41) is 0.490. The van der Waals surface area contributed by atoms with Crippen LogP contribution in [0.5, 0.6) is 0 Å². The molecule has 0 N–H and O–H groups in total. The molecule has 1 saturated heterocycles. The van der Waals surface area contributed by atoms with Gasteiger partial charge < -0.3 is 23.7 Å². The second kappa shape index (κ2) is 12.4. The maximum atomic E-state index is 14.3. The molecule has 12 atom stereocenters. The average Bonchev–Trinajstić information content (AvgIpc) is 3.59. The lowest BCUT2D eigenvalue weighted by Crippen LogP contribution is -2.76. The summed E-state index contributed by atoms with van der Waals surface area (Å²) < 4.78 is 33.9. The smallest absolute Gasteiger partial charge is 0.340 e. The topological polar surface area (TPSA) is 118 Å². The molecule has 5 aliphatic carbocycles. The summed E-state index contributed by atoms with van der Waals surface area (Å²) >= 11 is 0. The molecule has 282 valence electrons. The van der Waals surface area contributed by atoms with Crippen molar-refractivity contribution >= 4 is 22.8 Å².